The average molecular weight is 297 g/mol. The summed E-state index contributed by atoms with van der Waals surface area (Å²) in [6.07, 6.45) is 0. The highest BCUT2D eigenvalue weighted by Crippen LogP contribution is 2.20. The second-order valence-corrected chi connectivity index (χ2v) is 4.91. The molecule has 0 bridgehead atoms. The summed E-state index contributed by atoms with van der Waals surface area (Å²) >= 11 is 3.36. The zero-order chi connectivity index (χ0) is 12.4. The smallest absolute Gasteiger partial charge is 0.255 e. The van der Waals surface area contributed by atoms with Crippen LogP contribution in [0.1, 0.15) is 15.9 Å². The number of piperazine rings is 1. The van der Waals surface area contributed by atoms with E-state index in [-0.39, 0.29) is 18.4 Å². The van der Waals surface area contributed by atoms with Crippen molar-refractivity contribution in [2.24, 2.45) is 0 Å². The molecule has 0 unspecified atom stereocenters. The molecular formula is C12H13BrN2O2. The van der Waals surface area contributed by atoms with Crippen LogP contribution in [0.2, 0.25) is 0 Å². The second-order valence-electron chi connectivity index (χ2n) is 4.06. The number of nitrogens with zero attached hydrogens (tertiary/aromatic N) is 1. The number of hydrogen-bond acceptors (Lipinski definition) is 2. The highest BCUT2D eigenvalue weighted by Gasteiger charge is 2.23. The molecule has 1 aliphatic heterocycles. The van der Waals surface area contributed by atoms with Crippen LogP contribution >= 0.6 is 15.9 Å². The molecule has 0 aromatic heterocycles. The van der Waals surface area contributed by atoms with E-state index in [1.54, 1.807) is 4.90 Å². The van der Waals surface area contributed by atoms with Crippen LogP contribution in [0.15, 0.2) is 22.7 Å². The normalized spacial score (nSPS) is 15.6. The lowest BCUT2D eigenvalue weighted by atomic mass is 10.1. The summed E-state index contributed by atoms with van der Waals surface area (Å²) in [6.45, 7) is 3.16. The predicted molar refractivity (Wildman–Crippen MR) is 67.8 cm³/mol. The molecule has 1 heterocycles. The fourth-order valence-electron chi connectivity index (χ4n) is 1.79. The molecule has 2 amide bonds. The molecule has 0 spiro atoms. The molecule has 1 N–H and O–H groups in total. The summed E-state index contributed by atoms with van der Waals surface area (Å²) in [5, 5.41) is 2.70. The molecule has 1 saturated heterocycles. The maximum Gasteiger partial charge on any atom is 0.255 e. The third-order valence-corrected chi connectivity index (χ3v) is 3.37. The largest absolute Gasteiger partial charge is 0.353 e. The van der Waals surface area contributed by atoms with Crippen LogP contribution in [0.4, 0.5) is 0 Å². The SMILES string of the molecule is Cc1ccc(Br)c(C(=O)N2CCNC(=O)C2)c1. The maximum absolute atomic E-state index is 12.2. The first kappa shape index (κ1) is 12.1. The molecule has 0 radical (unpaired) electrons. The highest BCUT2D eigenvalue weighted by atomic mass is 79.9. The summed E-state index contributed by atoms with van der Waals surface area (Å²) in [5.41, 5.74) is 1.64. The van der Waals surface area contributed by atoms with Gasteiger partial charge in [-0.05, 0) is 35.0 Å². The third kappa shape index (κ3) is 2.66. The molecule has 1 aliphatic rings. The van der Waals surface area contributed by atoms with E-state index < -0.39 is 0 Å². The van der Waals surface area contributed by atoms with Crippen molar-refractivity contribution in [1.29, 1.82) is 0 Å². The minimum atomic E-state index is -0.103. The van der Waals surface area contributed by atoms with E-state index in [4.69, 9.17) is 0 Å². The molecule has 0 saturated carbocycles. The van der Waals surface area contributed by atoms with Crippen molar-refractivity contribution in [3.05, 3.63) is 33.8 Å². The lowest BCUT2D eigenvalue weighted by Gasteiger charge is -2.27. The monoisotopic (exact) mass is 296 g/mol. The van der Waals surface area contributed by atoms with Gasteiger partial charge in [-0.3, -0.25) is 9.59 Å². The molecule has 4 nitrogen and oxygen atoms in total. The van der Waals surface area contributed by atoms with Crippen LogP contribution in [0.5, 0.6) is 0 Å². The molecule has 0 aliphatic carbocycles. The van der Waals surface area contributed by atoms with Gasteiger partial charge in [0, 0.05) is 17.6 Å². The van der Waals surface area contributed by atoms with Crippen LogP contribution < -0.4 is 5.32 Å². The summed E-state index contributed by atoms with van der Waals surface area (Å²) in [4.78, 5) is 25.0. The van der Waals surface area contributed by atoms with Gasteiger partial charge in [-0.2, -0.15) is 0 Å². The number of halogens is 1. The van der Waals surface area contributed by atoms with Gasteiger partial charge in [0.2, 0.25) is 5.91 Å². The van der Waals surface area contributed by atoms with E-state index in [1.165, 1.54) is 0 Å². The molecule has 0 atom stereocenters. The number of carbonyl (C=O) groups is 2. The molecule has 1 aromatic rings. The van der Waals surface area contributed by atoms with Crippen molar-refractivity contribution < 1.29 is 9.59 Å². The average Bonchev–Trinajstić information content (AvgIpc) is 2.31. The van der Waals surface area contributed by atoms with Crippen LogP contribution in [0, 0.1) is 6.92 Å². The zero-order valence-corrected chi connectivity index (χ0v) is 11.1. The number of amides is 2. The summed E-state index contributed by atoms with van der Waals surface area (Å²) in [5.74, 6) is -0.205. The fraction of sp³-hybridized carbons (Fsp3) is 0.333. The number of benzene rings is 1. The van der Waals surface area contributed by atoms with E-state index in [9.17, 15) is 9.59 Å². The Balaban J connectivity index is 2.24. The minimum absolute atomic E-state index is 0.101. The van der Waals surface area contributed by atoms with E-state index in [0.717, 1.165) is 10.0 Å². The lowest BCUT2D eigenvalue weighted by Crippen LogP contribution is -2.50. The zero-order valence-electron chi connectivity index (χ0n) is 9.50. The van der Waals surface area contributed by atoms with E-state index >= 15 is 0 Å². The maximum atomic E-state index is 12.2. The Morgan fingerprint density at radius 1 is 1.47 bits per heavy atom. The van der Waals surface area contributed by atoms with Crippen LogP contribution in [0.3, 0.4) is 0 Å². The van der Waals surface area contributed by atoms with E-state index in [2.05, 4.69) is 21.2 Å². The van der Waals surface area contributed by atoms with Gasteiger partial charge in [0.25, 0.3) is 5.91 Å². The van der Waals surface area contributed by atoms with Crippen LogP contribution in [-0.4, -0.2) is 36.3 Å². The van der Waals surface area contributed by atoms with E-state index in [0.29, 0.717) is 18.7 Å². The molecule has 5 heteroatoms. The summed E-state index contributed by atoms with van der Waals surface area (Å²) in [7, 11) is 0. The van der Waals surface area contributed by atoms with Crippen molar-refractivity contribution in [3.8, 4) is 0 Å². The molecular weight excluding hydrogens is 284 g/mol. The molecule has 1 aromatic carbocycles. The third-order valence-electron chi connectivity index (χ3n) is 2.68. The van der Waals surface area contributed by atoms with Gasteiger partial charge in [0.1, 0.15) is 0 Å². The Morgan fingerprint density at radius 3 is 2.94 bits per heavy atom. The Morgan fingerprint density at radius 2 is 2.24 bits per heavy atom. The van der Waals surface area contributed by atoms with Gasteiger partial charge < -0.3 is 10.2 Å². The van der Waals surface area contributed by atoms with Crippen LogP contribution in [0.25, 0.3) is 0 Å². The van der Waals surface area contributed by atoms with Crippen molar-refractivity contribution in [1.82, 2.24) is 10.2 Å². The quantitative estimate of drug-likeness (QED) is 0.850. The Hall–Kier alpha value is -1.36. The number of carbonyl (C=O) groups excluding carboxylic acids is 2. The first-order valence-corrected chi connectivity index (χ1v) is 6.19. The molecule has 1 fully saturated rings. The number of aryl methyl sites for hydroxylation is 1. The van der Waals surface area contributed by atoms with Gasteiger partial charge >= 0.3 is 0 Å². The number of rotatable bonds is 1. The van der Waals surface area contributed by atoms with Gasteiger partial charge in [0.15, 0.2) is 0 Å². The Bertz CT molecular complexity index is 474. The van der Waals surface area contributed by atoms with Crippen molar-refractivity contribution in [3.63, 3.8) is 0 Å². The first-order valence-electron chi connectivity index (χ1n) is 5.40. The van der Waals surface area contributed by atoms with Gasteiger partial charge in [-0.25, -0.2) is 0 Å². The lowest BCUT2D eigenvalue weighted by molar-refractivity contribution is -0.123. The van der Waals surface area contributed by atoms with Crippen LogP contribution in [-0.2, 0) is 4.79 Å². The van der Waals surface area contributed by atoms with E-state index in [1.807, 2.05) is 25.1 Å². The number of nitrogens with one attached hydrogen (secondary N) is 1. The topological polar surface area (TPSA) is 49.4 Å². The molecule has 17 heavy (non-hydrogen) atoms. The Labute approximate surface area is 108 Å². The summed E-state index contributed by atoms with van der Waals surface area (Å²) in [6, 6.07) is 5.62. The minimum Gasteiger partial charge on any atom is -0.353 e. The number of hydrogen-bond donors (Lipinski definition) is 1. The van der Waals surface area contributed by atoms with Gasteiger partial charge in [0.05, 0.1) is 12.1 Å². The van der Waals surface area contributed by atoms with Gasteiger partial charge in [-0.15, -0.1) is 0 Å². The summed E-state index contributed by atoms with van der Waals surface area (Å²) < 4.78 is 0.763. The fourth-order valence-corrected chi connectivity index (χ4v) is 2.20. The highest BCUT2D eigenvalue weighted by molar-refractivity contribution is 9.10. The first-order chi connectivity index (χ1) is 8.08. The molecule has 90 valence electrons. The van der Waals surface area contributed by atoms with Gasteiger partial charge in [-0.1, -0.05) is 11.6 Å². The standard InChI is InChI=1S/C12H13BrN2O2/c1-8-2-3-10(13)9(6-8)12(17)15-5-4-14-11(16)7-15/h2-3,6H,4-5,7H2,1H3,(H,14,16). The predicted octanol–water partition coefficient (Wildman–Crippen LogP) is 1.33. The van der Waals surface area contributed by atoms with Crippen molar-refractivity contribution in [2.75, 3.05) is 19.6 Å². The van der Waals surface area contributed by atoms with Crippen molar-refractivity contribution in [2.45, 2.75) is 6.92 Å². The van der Waals surface area contributed by atoms with Crippen molar-refractivity contribution >= 4 is 27.7 Å². The molecule has 2 rings (SSSR count). The Kier molecular flexibility index (Phi) is 3.47. The second kappa shape index (κ2) is 4.87.